The van der Waals surface area contributed by atoms with Crippen molar-refractivity contribution in [1.29, 1.82) is 0 Å². The van der Waals surface area contributed by atoms with E-state index in [1.165, 1.54) is 5.56 Å². The van der Waals surface area contributed by atoms with Gasteiger partial charge in [-0.25, -0.2) is 9.97 Å². The molecule has 1 aliphatic rings. The number of aromatic nitrogens is 2. The minimum atomic E-state index is 0.217. The van der Waals surface area contributed by atoms with Gasteiger partial charge in [-0.05, 0) is 43.9 Å². The fraction of sp³-hybridized carbons (Fsp3) is 0.421. The fourth-order valence-electron chi connectivity index (χ4n) is 3.23. The molecule has 1 amide bonds. The number of benzene rings is 1. The molecular formula is C19H23N3O. The van der Waals surface area contributed by atoms with Crippen molar-refractivity contribution in [3.63, 3.8) is 0 Å². The molecular weight excluding hydrogens is 286 g/mol. The van der Waals surface area contributed by atoms with Crippen LogP contribution in [0.4, 0.5) is 0 Å². The lowest BCUT2D eigenvalue weighted by atomic mass is 9.94. The van der Waals surface area contributed by atoms with E-state index < -0.39 is 0 Å². The molecule has 4 nitrogen and oxygen atoms in total. The van der Waals surface area contributed by atoms with Gasteiger partial charge in [0.25, 0.3) is 0 Å². The number of likely N-dealkylation sites (tertiary alicyclic amines) is 1. The van der Waals surface area contributed by atoms with E-state index in [9.17, 15) is 4.79 Å². The van der Waals surface area contributed by atoms with Gasteiger partial charge in [-0.1, -0.05) is 24.3 Å². The molecule has 4 heteroatoms. The molecule has 0 radical (unpaired) electrons. The summed E-state index contributed by atoms with van der Waals surface area (Å²) in [7, 11) is 0. The van der Waals surface area contributed by atoms with E-state index in [2.05, 4.69) is 23.0 Å². The number of aryl methyl sites for hydroxylation is 2. The first-order chi connectivity index (χ1) is 11.1. The number of hydrogen-bond donors (Lipinski definition) is 0. The van der Waals surface area contributed by atoms with Crippen molar-refractivity contribution in [1.82, 2.24) is 14.9 Å². The van der Waals surface area contributed by atoms with Crippen LogP contribution < -0.4 is 0 Å². The Morgan fingerprint density at radius 3 is 2.87 bits per heavy atom. The van der Waals surface area contributed by atoms with E-state index in [1.807, 2.05) is 42.3 Å². The molecule has 1 aromatic heterocycles. The summed E-state index contributed by atoms with van der Waals surface area (Å²) in [6.45, 7) is 5.59. The molecule has 1 aliphatic heterocycles. The van der Waals surface area contributed by atoms with Gasteiger partial charge in [0.1, 0.15) is 5.82 Å². The van der Waals surface area contributed by atoms with Gasteiger partial charge in [-0.15, -0.1) is 0 Å². The predicted octanol–water partition coefficient (Wildman–Crippen LogP) is 3.04. The molecule has 1 aromatic carbocycles. The summed E-state index contributed by atoms with van der Waals surface area (Å²) in [5.41, 5.74) is 3.37. The zero-order chi connectivity index (χ0) is 16.2. The molecule has 2 aromatic rings. The largest absolute Gasteiger partial charge is 0.342 e. The van der Waals surface area contributed by atoms with E-state index in [4.69, 9.17) is 0 Å². The van der Waals surface area contributed by atoms with Crippen molar-refractivity contribution in [2.45, 2.75) is 39.0 Å². The first kappa shape index (κ1) is 15.7. The lowest BCUT2D eigenvalue weighted by Crippen LogP contribution is -2.40. The minimum Gasteiger partial charge on any atom is -0.342 e. The van der Waals surface area contributed by atoms with Crippen molar-refractivity contribution in [2.24, 2.45) is 0 Å². The average Bonchev–Trinajstić information content (AvgIpc) is 2.57. The van der Waals surface area contributed by atoms with Gasteiger partial charge in [0.2, 0.25) is 5.91 Å². The molecule has 0 aliphatic carbocycles. The Morgan fingerprint density at radius 2 is 2.09 bits per heavy atom. The van der Waals surface area contributed by atoms with Crippen LogP contribution in [0.3, 0.4) is 0 Å². The molecule has 0 bridgehead atoms. The van der Waals surface area contributed by atoms with Gasteiger partial charge in [0.15, 0.2) is 0 Å². The van der Waals surface area contributed by atoms with Crippen molar-refractivity contribution in [3.05, 3.63) is 59.2 Å². The Morgan fingerprint density at radius 1 is 1.26 bits per heavy atom. The van der Waals surface area contributed by atoms with Gasteiger partial charge >= 0.3 is 0 Å². The second-order valence-corrected chi connectivity index (χ2v) is 6.31. The summed E-state index contributed by atoms with van der Waals surface area (Å²) in [6.07, 6.45) is 4.42. The lowest BCUT2D eigenvalue weighted by molar-refractivity contribution is -0.131. The van der Waals surface area contributed by atoms with E-state index in [1.54, 1.807) is 0 Å². The molecule has 1 saturated heterocycles. The van der Waals surface area contributed by atoms with Crippen LogP contribution in [0, 0.1) is 13.8 Å². The van der Waals surface area contributed by atoms with Crippen molar-refractivity contribution in [2.75, 3.05) is 13.1 Å². The summed E-state index contributed by atoms with van der Waals surface area (Å²) >= 11 is 0. The first-order valence-corrected chi connectivity index (χ1v) is 8.25. The quantitative estimate of drug-likeness (QED) is 0.875. The van der Waals surface area contributed by atoms with Gasteiger partial charge in [-0.3, -0.25) is 4.79 Å². The van der Waals surface area contributed by atoms with Gasteiger partial charge in [0, 0.05) is 30.9 Å². The van der Waals surface area contributed by atoms with Crippen LogP contribution in [0.1, 0.15) is 41.4 Å². The molecule has 0 unspecified atom stereocenters. The molecule has 2 heterocycles. The highest BCUT2D eigenvalue weighted by atomic mass is 16.2. The zero-order valence-electron chi connectivity index (χ0n) is 13.8. The maximum atomic E-state index is 12.7. The lowest BCUT2D eigenvalue weighted by Gasteiger charge is -2.32. The Kier molecular flexibility index (Phi) is 4.70. The molecule has 1 fully saturated rings. The van der Waals surface area contributed by atoms with Crippen LogP contribution in [0.15, 0.2) is 36.5 Å². The number of carbonyl (C=O) groups excluding carboxylic acids is 1. The maximum absolute atomic E-state index is 12.7. The SMILES string of the molecule is Cc1nccc([C@H]2CCCN(C(=O)Cc3ccccc3C)C2)n1. The zero-order valence-corrected chi connectivity index (χ0v) is 13.8. The summed E-state index contributed by atoms with van der Waals surface area (Å²) < 4.78 is 0. The fourth-order valence-corrected chi connectivity index (χ4v) is 3.23. The van der Waals surface area contributed by atoms with Crippen LogP contribution in [0.5, 0.6) is 0 Å². The van der Waals surface area contributed by atoms with E-state index in [0.717, 1.165) is 43.0 Å². The topological polar surface area (TPSA) is 46.1 Å². The number of amides is 1. The van der Waals surface area contributed by atoms with Gasteiger partial charge in [0.05, 0.1) is 6.42 Å². The van der Waals surface area contributed by atoms with Crippen molar-refractivity contribution < 1.29 is 4.79 Å². The highest BCUT2D eigenvalue weighted by molar-refractivity contribution is 5.79. The highest BCUT2D eigenvalue weighted by Crippen LogP contribution is 2.26. The van der Waals surface area contributed by atoms with Crippen LogP contribution in [-0.4, -0.2) is 33.9 Å². The third-order valence-corrected chi connectivity index (χ3v) is 4.59. The van der Waals surface area contributed by atoms with Gasteiger partial charge < -0.3 is 4.90 Å². The van der Waals surface area contributed by atoms with Crippen LogP contribution in [0.25, 0.3) is 0 Å². The summed E-state index contributed by atoms with van der Waals surface area (Å²) in [4.78, 5) is 23.4. The summed E-state index contributed by atoms with van der Waals surface area (Å²) in [5, 5.41) is 0. The second kappa shape index (κ2) is 6.90. The third kappa shape index (κ3) is 3.76. The van der Waals surface area contributed by atoms with Crippen molar-refractivity contribution in [3.8, 4) is 0 Å². The van der Waals surface area contributed by atoms with E-state index in [0.29, 0.717) is 12.3 Å². The van der Waals surface area contributed by atoms with Crippen LogP contribution >= 0.6 is 0 Å². The van der Waals surface area contributed by atoms with Crippen LogP contribution in [-0.2, 0) is 11.2 Å². The Balaban J connectivity index is 1.68. The molecule has 0 saturated carbocycles. The Labute approximate surface area is 137 Å². The minimum absolute atomic E-state index is 0.217. The molecule has 0 N–H and O–H groups in total. The molecule has 0 spiro atoms. The number of piperidine rings is 1. The average molecular weight is 309 g/mol. The van der Waals surface area contributed by atoms with E-state index in [-0.39, 0.29) is 5.91 Å². The predicted molar refractivity (Wildman–Crippen MR) is 90.2 cm³/mol. The summed E-state index contributed by atoms with van der Waals surface area (Å²) in [6, 6.07) is 10.1. The number of hydrogen-bond acceptors (Lipinski definition) is 3. The molecule has 120 valence electrons. The maximum Gasteiger partial charge on any atom is 0.227 e. The van der Waals surface area contributed by atoms with E-state index >= 15 is 0 Å². The molecule has 3 rings (SSSR count). The highest BCUT2D eigenvalue weighted by Gasteiger charge is 2.25. The monoisotopic (exact) mass is 309 g/mol. The number of carbonyl (C=O) groups is 1. The second-order valence-electron chi connectivity index (χ2n) is 6.31. The Hall–Kier alpha value is -2.23. The first-order valence-electron chi connectivity index (χ1n) is 8.25. The third-order valence-electron chi connectivity index (χ3n) is 4.59. The van der Waals surface area contributed by atoms with Gasteiger partial charge in [-0.2, -0.15) is 0 Å². The summed E-state index contributed by atoms with van der Waals surface area (Å²) in [5.74, 6) is 1.34. The number of rotatable bonds is 3. The molecule has 23 heavy (non-hydrogen) atoms. The normalized spacial score (nSPS) is 18.0. The Bertz CT molecular complexity index is 699. The number of nitrogens with zero attached hydrogens (tertiary/aromatic N) is 3. The van der Waals surface area contributed by atoms with Crippen molar-refractivity contribution >= 4 is 5.91 Å². The smallest absolute Gasteiger partial charge is 0.227 e. The van der Waals surface area contributed by atoms with Crippen LogP contribution in [0.2, 0.25) is 0 Å². The standard InChI is InChI=1S/C19H23N3O/c1-14-6-3-4-7-16(14)12-19(23)22-11-5-8-17(13-22)18-9-10-20-15(2)21-18/h3-4,6-7,9-10,17H,5,8,11-13H2,1-2H3/t17-/m0/s1. The molecule has 1 atom stereocenters.